The average molecular weight is 297 g/mol. The number of rotatable bonds is 10. The van der Waals surface area contributed by atoms with Crippen molar-refractivity contribution >= 4 is 14.5 Å². The molecule has 0 saturated carbocycles. The number of aryl methyl sites for hydroxylation is 1. The molecule has 0 aromatic heterocycles. The predicted octanol–water partition coefficient (Wildman–Crippen LogP) is 3.46. The van der Waals surface area contributed by atoms with Crippen LogP contribution in [0.15, 0.2) is 24.3 Å². The van der Waals surface area contributed by atoms with E-state index in [0.29, 0.717) is 19.8 Å². The van der Waals surface area contributed by atoms with Gasteiger partial charge in [-0.15, -0.1) is 0 Å². The van der Waals surface area contributed by atoms with Gasteiger partial charge >= 0.3 is 8.80 Å². The summed E-state index contributed by atoms with van der Waals surface area (Å²) in [5, 5.41) is 3.40. The van der Waals surface area contributed by atoms with Crippen molar-refractivity contribution in [1.82, 2.24) is 0 Å². The van der Waals surface area contributed by atoms with Gasteiger partial charge in [0.25, 0.3) is 0 Å². The van der Waals surface area contributed by atoms with Gasteiger partial charge in [0.05, 0.1) is 0 Å². The molecule has 0 bridgehead atoms. The monoisotopic (exact) mass is 297 g/mol. The summed E-state index contributed by atoms with van der Waals surface area (Å²) in [5.41, 5.74) is 2.38. The van der Waals surface area contributed by atoms with Crippen molar-refractivity contribution in [2.24, 2.45) is 0 Å². The minimum absolute atomic E-state index is 0.622. The molecule has 0 amide bonds. The van der Waals surface area contributed by atoms with Gasteiger partial charge in [-0.25, -0.2) is 0 Å². The van der Waals surface area contributed by atoms with Crippen LogP contribution in [0.4, 0.5) is 5.69 Å². The number of hydrogen-bond acceptors (Lipinski definition) is 4. The summed E-state index contributed by atoms with van der Waals surface area (Å²) < 4.78 is 17.5. The van der Waals surface area contributed by atoms with E-state index in [0.717, 1.165) is 18.3 Å². The number of nitrogens with one attached hydrogen (secondary N) is 1. The van der Waals surface area contributed by atoms with E-state index in [1.165, 1.54) is 5.56 Å². The highest BCUT2D eigenvalue weighted by molar-refractivity contribution is 6.60. The molecular formula is C15H27NO3Si. The second kappa shape index (κ2) is 9.13. The summed E-state index contributed by atoms with van der Waals surface area (Å²) in [5.74, 6) is 0. The Morgan fingerprint density at radius 3 is 1.85 bits per heavy atom. The molecule has 1 N–H and O–H groups in total. The van der Waals surface area contributed by atoms with Gasteiger partial charge < -0.3 is 18.6 Å². The maximum atomic E-state index is 5.82. The normalized spacial score (nSPS) is 11.6. The maximum absolute atomic E-state index is 5.82. The van der Waals surface area contributed by atoms with Crippen LogP contribution in [0, 0.1) is 6.92 Å². The molecule has 20 heavy (non-hydrogen) atoms. The Labute approximate surface area is 123 Å². The summed E-state index contributed by atoms with van der Waals surface area (Å²) in [4.78, 5) is 0. The minimum atomic E-state index is -2.52. The molecule has 0 fully saturated rings. The van der Waals surface area contributed by atoms with Gasteiger partial charge in [-0.05, 0) is 39.8 Å². The fourth-order valence-corrected chi connectivity index (χ4v) is 4.47. The zero-order valence-electron chi connectivity index (χ0n) is 13.1. The van der Waals surface area contributed by atoms with Crippen LogP contribution in [-0.4, -0.2) is 35.2 Å². The summed E-state index contributed by atoms with van der Waals surface area (Å²) in [6.07, 6.45) is 0. The second-order valence-electron chi connectivity index (χ2n) is 4.52. The Morgan fingerprint density at radius 2 is 1.40 bits per heavy atom. The summed E-state index contributed by atoms with van der Waals surface area (Å²) in [6, 6.07) is 9.14. The lowest BCUT2D eigenvalue weighted by Gasteiger charge is -2.28. The van der Waals surface area contributed by atoms with Crippen molar-refractivity contribution in [3.05, 3.63) is 29.8 Å². The Hall–Kier alpha value is -0.883. The molecule has 1 aromatic rings. The molecule has 0 atom stereocenters. The SMILES string of the molecule is CCO[Si](CCNc1ccc(C)cc1)(OCC)OCC. The van der Waals surface area contributed by atoms with Crippen LogP contribution < -0.4 is 5.32 Å². The highest BCUT2D eigenvalue weighted by atomic mass is 28.4. The van der Waals surface area contributed by atoms with E-state index in [2.05, 4.69) is 36.5 Å². The Morgan fingerprint density at radius 1 is 0.900 bits per heavy atom. The van der Waals surface area contributed by atoms with E-state index in [-0.39, 0.29) is 0 Å². The van der Waals surface area contributed by atoms with Crippen molar-refractivity contribution in [3.8, 4) is 0 Å². The van der Waals surface area contributed by atoms with E-state index < -0.39 is 8.80 Å². The first-order valence-electron chi connectivity index (χ1n) is 7.38. The molecule has 5 heteroatoms. The van der Waals surface area contributed by atoms with Gasteiger partial charge in [-0.1, -0.05) is 17.7 Å². The molecular weight excluding hydrogens is 270 g/mol. The lowest BCUT2D eigenvalue weighted by molar-refractivity contribution is 0.0722. The van der Waals surface area contributed by atoms with E-state index in [4.69, 9.17) is 13.3 Å². The summed E-state index contributed by atoms with van der Waals surface area (Å²) >= 11 is 0. The molecule has 0 spiro atoms. The van der Waals surface area contributed by atoms with Gasteiger partial charge in [0, 0.05) is 38.1 Å². The highest BCUT2D eigenvalue weighted by Gasteiger charge is 2.39. The van der Waals surface area contributed by atoms with Gasteiger partial charge in [-0.2, -0.15) is 0 Å². The standard InChI is InChI=1S/C15H27NO3Si/c1-5-17-20(18-6-2,19-7-3)13-12-16-15-10-8-14(4)9-11-15/h8-11,16H,5-7,12-13H2,1-4H3. The molecule has 114 valence electrons. The molecule has 1 rings (SSSR count). The molecule has 1 aromatic carbocycles. The fraction of sp³-hybridized carbons (Fsp3) is 0.600. The highest BCUT2D eigenvalue weighted by Crippen LogP contribution is 2.17. The van der Waals surface area contributed by atoms with Crippen LogP contribution >= 0.6 is 0 Å². The maximum Gasteiger partial charge on any atom is 0.502 e. The largest absolute Gasteiger partial charge is 0.502 e. The van der Waals surface area contributed by atoms with Gasteiger partial charge in [0.15, 0.2) is 0 Å². The molecule has 0 aliphatic heterocycles. The van der Waals surface area contributed by atoms with Crippen LogP contribution in [0.5, 0.6) is 0 Å². The quantitative estimate of drug-likeness (QED) is 0.671. The van der Waals surface area contributed by atoms with Crippen molar-refractivity contribution in [1.29, 1.82) is 0 Å². The first-order chi connectivity index (χ1) is 9.65. The molecule has 0 saturated heterocycles. The van der Waals surface area contributed by atoms with E-state index in [9.17, 15) is 0 Å². The van der Waals surface area contributed by atoms with Crippen molar-refractivity contribution < 1.29 is 13.3 Å². The van der Waals surface area contributed by atoms with Crippen molar-refractivity contribution in [2.45, 2.75) is 33.7 Å². The molecule has 0 aliphatic carbocycles. The third-order valence-electron chi connectivity index (χ3n) is 2.90. The van der Waals surface area contributed by atoms with Crippen LogP contribution in [0.25, 0.3) is 0 Å². The first-order valence-corrected chi connectivity index (χ1v) is 9.31. The third-order valence-corrected chi connectivity index (χ3v) is 5.95. The zero-order chi connectivity index (χ0) is 14.8. The number of anilines is 1. The van der Waals surface area contributed by atoms with Crippen molar-refractivity contribution in [2.75, 3.05) is 31.7 Å². The number of benzene rings is 1. The van der Waals surface area contributed by atoms with E-state index in [1.54, 1.807) is 0 Å². The first kappa shape index (κ1) is 17.2. The van der Waals surface area contributed by atoms with Gasteiger partial charge in [0.2, 0.25) is 0 Å². The van der Waals surface area contributed by atoms with E-state index >= 15 is 0 Å². The summed E-state index contributed by atoms with van der Waals surface area (Å²) in [6.45, 7) is 10.7. The van der Waals surface area contributed by atoms with Crippen LogP contribution in [0.1, 0.15) is 26.3 Å². The fourth-order valence-electron chi connectivity index (χ4n) is 2.03. The Bertz CT molecular complexity index is 353. The van der Waals surface area contributed by atoms with Crippen LogP contribution in [0.2, 0.25) is 6.04 Å². The third kappa shape index (κ3) is 5.62. The predicted molar refractivity (Wildman–Crippen MR) is 85.1 cm³/mol. The lowest BCUT2D eigenvalue weighted by atomic mass is 10.2. The number of hydrogen-bond donors (Lipinski definition) is 1. The zero-order valence-corrected chi connectivity index (χ0v) is 14.1. The van der Waals surface area contributed by atoms with Crippen molar-refractivity contribution in [3.63, 3.8) is 0 Å². The molecule has 0 radical (unpaired) electrons. The Balaban J connectivity index is 2.54. The average Bonchev–Trinajstić information content (AvgIpc) is 2.42. The van der Waals surface area contributed by atoms with Gasteiger partial charge in [-0.3, -0.25) is 0 Å². The summed E-state index contributed by atoms with van der Waals surface area (Å²) in [7, 11) is -2.52. The lowest BCUT2D eigenvalue weighted by Crippen LogP contribution is -2.47. The van der Waals surface area contributed by atoms with E-state index in [1.807, 2.05) is 20.8 Å². The molecule has 4 nitrogen and oxygen atoms in total. The minimum Gasteiger partial charge on any atom is -0.385 e. The van der Waals surface area contributed by atoms with Crippen LogP contribution in [0.3, 0.4) is 0 Å². The van der Waals surface area contributed by atoms with Crippen LogP contribution in [-0.2, 0) is 13.3 Å². The Kier molecular flexibility index (Phi) is 7.83. The van der Waals surface area contributed by atoms with Gasteiger partial charge in [0.1, 0.15) is 0 Å². The molecule has 0 unspecified atom stereocenters. The molecule has 0 aliphatic rings. The smallest absolute Gasteiger partial charge is 0.385 e. The molecule has 0 heterocycles. The second-order valence-corrected chi connectivity index (χ2v) is 7.26. The topological polar surface area (TPSA) is 39.7 Å².